The van der Waals surface area contributed by atoms with Gasteiger partial charge in [0.05, 0.1) is 6.61 Å². The molecule has 33 heteroatoms. The zero-order chi connectivity index (χ0) is 46.0. The van der Waals surface area contributed by atoms with Gasteiger partial charge >= 0.3 is 46.9 Å². The van der Waals surface area contributed by atoms with Gasteiger partial charge in [0, 0.05) is 24.1 Å². The smallest absolute Gasteiger partial charge is 0.356 e. The largest absolute Gasteiger partial charge is 0.472 e. The van der Waals surface area contributed by atoms with Gasteiger partial charge in [-0.05, 0) is 24.8 Å². The lowest BCUT2D eigenvalue weighted by atomic mass is 9.85. The average molecular weight is 995 g/mol. The molecular weight excluding hydrogens is 952 g/mol. The lowest BCUT2D eigenvalue weighted by Crippen LogP contribution is -2.66. The van der Waals surface area contributed by atoms with Gasteiger partial charge in [0.25, 0.3) is 0 Å². The topological polar surface area (TPSA) is 436 Å². The van der Waals surface area contributed by atoms with Gasteiger partial charge < -0.3 is 59.1 Å². The summed E-state index contributed by atoms with van der Waals surface area (Å²) >= 11 is 0. The predicted molar refractivity (Wildman–Crippen MR) is 201 cm³/mol. The van der Waals surface area contributed by atoms with Crippen LogP contribution in [0.2, 0.25) is 0 Å². The van der Waals surface area contributed by atoms with E-state index in [4.69, 9.17) is 9.05 Å². The molecule has 2 aromatic carbocycles. The first-order chi connectivity index (χ1) is 27.9. The van der Waals surface area contributed by atoms with Crippen molar-refractivity contribution in [1.82, 2.24) is 5.32 Å². The number of hydrogen-bond acceptors (Lipinski definition) is 15. The summed E-state index contributed by atoms with van der Waals surface area (Å²) in [6, 6.07) is 15.5. The summed E-state index contributed by atoms with van der Waals surface area (Å²) in [4.78, 5) is 131. The van der Waals surface area contributed by atoms with Crippen molar-refractivity contribution in [3.05, 3.63) is 71.3 Å². The summed E-state index contributed by atoms with van der Waals surface area (Å²) in [6.45, 7) is -0.441. The Hall–Kier alpha value is -1.76. The second-order valence-electron chi connectivity index (χ2n) is 12.8. The Morgan fingerprint density at radius 2 is 0.869 bits per heavy atom. The fourth-order valence-corrected chi connectivity index (χ4v) is 9.49. The Balaban J connectivity index is 1.64. The Labute approximate surface area is 345 Å². The molecule has 346 valence electrons. The fraction of sp³-hybridized carbons (Fsp3) is 0.500. The average Bonchev–Trinajstić information content (AvgIpc) is 3.10. The minimum Gasteiger partial charge on any atom is -0.356 e. The van der Waals surface area contributed by atoms with Crippen molar-refractivity contribution in [3.8, 4) is 0 Å². The van der Waals surface area contributed by atoms with Crippen molar-refractivity contribution < 1.29 is 122 Å². The lowest BCUT2D eigenvalue weighted by Gasteiger charge is -2.48. The lowest BCUT2D eigenvalue weighted by molar-refractivity contribution is -0.202. The van der Waals surface area contributed by atoms with E-state index in [1.54, 1.807) is 54.6 Å². The fourth-order valence-electron chi connectivity index (χ4n) is 5.73. The first kappa shape index (κ1) is 53.6. The van der Waals surface area contributed by atoms with E-state index < -0.39 is 90.2 Å². The molecule has 1 aliphatic rings. The monoisotopic (exact) mass is 995 g/mol. The van der Waals surface area contributed by atoms with E-state index in [1.807, 2.05) is 0 Å². The standard InChI is InChI=1S/C28H43NO26P6/c30-21(15-12-18-10-13-20(14-11-18)22(31)19-8-4-3-5-9-19)29-16-6-1-2-7-17-49-61(47,48)55-28-26(53-59(41,42)43)24(51-57(35,36)37)23(50-56(32,33)34)25(52-58(38,39)40)27(28)54-60(44,45)46/h3-5,8-11,13-14,23-28H,1-2,6-7,12,15-17H2,(H,29,30)(H,47,48)(H2,32,33,34)(H2,35,36,37)(H2,38,39,40)(H2,41,42,43)(H2,44,45,46)/t23?,24-,25+,26-,27-,28?/m1/s1. The van der Waals surface area contributed by atoms with Crippen molar-refractivity contribution in [3.63, 3.8) is 0 Å². The number of phosphoric ester groups is 6. The Morgan fingerprint density at radius 3 is 1.28 bits per heavy atom. The number of nitrogens with one attached hydrogen (secondary N) is 1. The Morgan fingerprint density at radius 1 is 0.492 bits per heavy atom. The number of unbranched alkanes of at least 4 members (excludes halogenated alkanes) is 3. The van der Waals surface area contributed by atoms with Crippen LogP contribution in [0.1, 0.15) is 53.6 Å². The van der Waals surface area contributed by atoms with E-state index >= 15 is 0 Å². The third-order valence-electron chi connectivity index (χ3n) is 8.03. The van der Waals surface area contributed by atoms with Crippen LogP contribution in [-0.2, 0) is 70.3 Å². The van der Waals surface area contributed by atoms with Crippen LogP contribution in [0.15, 0.2) is 54.6 Å². The van der Waals surface area contributed by atoms with Crippen LogP contribution in [0.3, 0.4) is 0 Å². The maximum Gasteiger partial charge on any atom is 0.472 e. The summed E-state index contributed by atoms with van der Waals surface area (Å²) in [5, 5.41) is 2.72. The summed E-state index contributed by atoms with van der Waals surface area (Å²) in [7, 11) is -36.2. The van der Waals surface area contributed by atoms with Crippen LogP contribution in [-0.4, -0.2) is 115 Å². The van der Waals surface area contributed by atoms with Crippen LogP contribution in [0.5, 0.6) is 0 Å². The molecule has 1 aliphatic carbocycles. The molecule has 0 spiro atoms. The summed E-state index contributed by atoms with van der Waals surface area (Å²) in [5.41, 5.74) is 1.85. The van der Waals surface area contributed by atoms with Crippen molar-refractivity contribution in [2.45, 2.75) is 75.1 Å². The number of benzene rings is 2. The van der Waals surface area contributed by atoms with E-state index in [0.29, 0.717) is 30.4 Å². The van der Waals surface area contributed by atoms with Crippen LogP contribution in [0.25, 0.3) is 0 Å². The van der Waals surface area contributed by atoms with Crippen molar-refractivity contribution in [2.24, 2.45) is 0 Å². The summed E-state index contributed by atoms with van der Waals surface area (Å²) in [6.07, 6.45) is -17.2. The van der Waals surface area contributed by atoms with Gasteiger partial charge in [0.1, 0.15) is 36.6 Å². The van der Waals surface area contributed by atoms with E-state index in [2.05, 4.69) is 27.9 Å². The minimum atomic E-state index is -6.09. The van der Waals surface area contributed by atoms with Crippen LogP contribution < -0.4 is 5.32 Å². The molecule has 2 aromatic rings. The van der Waals surface area contributed by atoms with E-state index in [9.17, 15) is 90.8 Å². The molecule has 27 nitrogen and oxygen atoms in total. The first-order valence-corrected chi connectivity index (χ1v) is 26.4. The molecule has 61 heavy (non-hydrogen) atoms. The number of carbonyl (C=O) groups excluding carboxylic acids is 2. The summed E-state index contributed by atoms with van der Waals surface area (Å²) < 4.78 is 104. The minimum absolute atomic E-state index is 0.0355. The van der Waals surface area contributed by atoms with Gasteiger partial charge in [-0.25, -0.2) is 27.4 Å². The van der Waals surface area contributed by atoms with Gasteiger partial charge in [-0.1, -0.05) is 67.4 Å². The molecule has 0 heterocycles. The molecule has 0 radical (unpaired) electrons. The molecule has 3 unspecified atom stereocenters. The van der Waals surface area contributed by atoms with Crippen LogP contribution >= 0.6 is 46.9 Å². The van der Waals surface area contributed by atoms with Crippen molar-refractivity contribution in [2.75, 3.05) is 13.2 Å². The highest BCUT2D eigenvalue weighted by molar-refractivity contribution is 7.48. The quantitative estimate of drug-likeness (QED) is 0.0380. The second-order valence-corrected chi connectivity index (χ2v) is 20.2. The van der Waals surface area contributed by atoms with E-state index in [-0.39, 0.29) is 37.5 Å². The number of ketones is 1. The second kappa shape index (κ2) is 22.4. The number of amides is 1. The zero-order valence-corrected chi connectivity index (χ0v) is 36.4. The highest BCUT2D eigenvalue weighted by atomic mass is 31.2. The molecule has 1 fully saturated rings. The highest BCUT2D eigenvalue weighted by Crippen LogP contribution is 2.58. The van der Waals surface area contributed by atoms with Gasteiger partial charge in [-0.15, -0.1) is 0 Å². The van der Waals surface area contributed by atoms with Gasteiger partial charge in [-0.3, -0.25) is 41.3 Å². The molecule has 7 atom stereocenters. The van der Waals surface area contributed by atoms with Crippen LogP contribution in [0, 0.1) is 0 Å². The molecule has 3 rings (SSSR count). The Kier molecular flexibility index (Phi) is 19.7. The normalized spacial score (nSPS) is 22.7. The third kappa shape index (κ3) is 20.3. The molecule has 0 bridgehead atoms. The zero-order valence-electron chi connectivity index (χ0n) is 31.0. The van der Waals surface area contributed by atoms with Crippen LogP contribution in [0.4, 0.5) is 0 Å². The molecule has 0 aliphatic heterocycles. The predicted octanol–water partition coefficient (Wildman–Crippen LogP) is 1.43. The van der Waals surface area contributed by atoms with E-state index in [0.717, 1.165) is 5.56 Å². The molecule has 12 N–H and O–H groups in total. The van der Waals surface area contributed by atoms with Gasteiger partial charge in [0.2, 0.25) is 5.91 Å². The molecule has 0 saturated heterocycles. The molecule has 1 amide bonds. The maximum atomic E-state index is 13.1. The van der Waals surface area contributed by atoms with Gasteiger partial charge in [-0.2, -0.15) is 0 Å². The number of carbonyl (C=O) groups is 2. The summed E-state index contributed by atoms with van der Waals surface area (Å²) in [5.74, 6) is -0.409. The number of phosphoric acid groups is 6. The van der Waals surface area contributed by atoms with Gasteiger partial charge in [0.15, 0.2) is 5.78 Å². The number of rotatable bonds is 25. The maximum absolute atomic E-state index is 13.1. The molecular formula is C28H43NO26P6. The number of hydrogen-bond donors (Lipinski definition) is 12. The highest BCUT2D eigenvalue weighted by Gasteiger charge is 2.63. The Bertz CT molecular complexity index is 2000. The SMILES string of the molecule is O=C(CCc1ccc(C(=O)c2ccccc2)cc1)NCCCCCCOP(=O)(O)OC1[C@H](OP(=O)(O)O)[C@H](OP(=O)(O)O)C(OP(=O)(O)O)[C@H](OP(=O)(O)O)[C@H]1OP(=O)(O)O. The third-order valence-corrected chi connectivity index (χ3v) is 11.6. The molecule has 1 saturated carbocycles. The number of aryl methyl sites for hydroxylation is 1. The van der Waals surface area contributed by atoms with E-state index in [1.165, 1.54) is 0 Å². The first-order valence-electron chi connectivity index (χ1n) is 17.2. The van der Waals surface area contributed by atoms with Crippen molar-refractivity contribution >= 4 is 58.6 Å². The molecule has 0 aromatic heterocycles. The van der Waals surface area contributed by atoms with Crippen molar-refractivity contribution in [1.29, 1.82) is 0 Å².